The third kappa shape index (κ3) is 3.58. The molecule has 0 amide bonds. The molecule has 0 radical (unpaired) electrons. The molecule has 0 spiro atoms. The molecule has 3 rings (SSSR count). The Morgan fingerprint density at radius 1 is 1.04 bits per heavy atom. The van der Waals surface area contributed by atoms with E-state index in [2.05, 4.69) is 0 Å². The van der Waals surface area contributed by atoms with Crippen LogP contribution in [0.1, 0.15) is 5.56 Å². The van der Waals surface area contributed by atoms with Gasteiger partial charge >= 0.3 is 5.76 Å². The SMILES string of the molecule is CS(=O)(=O)N(CCn1c(=O)oc2ccccc21)Cc1ccccc1. The second kappa shape index (κ2) is 6.62. The van der Waals surface area contributed by atoms with E-state index in [1.54, 1.807) is 18.2 Å². The van der Waals surface area contributed by atoms with Crippen molar-refractivity contribution in [3.63, 3.8) is 0 Å². The van der Waals surface area contributed by atoms with Crippen LogP contribution in [-0.2, 0) is 23.1 Å². The summed E-state index contributed by atoms with van der Waals surface area (Å²) in [5.74, 6) is -0.482. The van der Waals surface area contributed by atoms with E-state index < -0.39 is 15.8 Å². The second-order valence-corrected chi connectivity index (χ2v) is 7.55. The van der Waals surface area contributed by atoms with Crippen molar-refractivity contribution in [3.8, 4) is 0 Å². The Labute approximate surface area is 140 Å². The maximum Gasteiger partial charge on any atom is 0.419 e. The highest BCUT2D eigenvalue weighted by Gasteiger charge is 2.18. The van der Waals surface area contributed by atoms with Gasteiger partial charge in [-0.25, -0.2) is 13.2 Å². The fourth-order valence-corrected chi connectivity index (χ4v) is 3.38. The van der Waals surface area contributed by atoms with Crippen LogP contribution in [0.2, 0.25) is 0 Å². The second-order valence-electron chi connectivity index (χ2n) is 5.57. The minimum absolute atomic E-state index is 0.192. The largest absolute Gasteiger partial charge is 0.419 e. The van der Waals surface area contributed by atoms with Crippen molar-refractivity contribution in [2.45, 2.75) is 13.1 Å². The molecule has 1 heterocycles. The predicted octanol–water partition coefficient (Wildman–Crippen LogP) is 2.06. The number of nitrogens with zero attached hydrogens (tertiary/aromatic N) is 2. The molecule has 24 heavy (non-hydrogen) atoms. The van der Waals surface area contributed by atoms with Crippen LogP contribution < -0.4 is 5.76 Å². The van der Waals surface area contributed by atoms with Gasteiger partial charge in [0.05, 0.1) is 11.8 Å². The molecule has 0 bridgehead atoms. The van der Waals surface area contributed by atoms with Gasteiger partial charge in [0.1, 0.15) is 0 Å². The van der Waals surface area contributed by atoms with Crippen molar-refractivity contribution >= 4 is 21.1 Å². The van der Waals surface area contributed by atoms with E-state index in [-0.39, 0.29) is 19.6 Å². The predicted molar refractivity (Wildman–Crippen MR) is 92.2 cm³/mol. The molecule has 0 saturated carbocycles. The van der Waals surface area contributed by atoms with E-state index in [0.717, 1.165) is 5.56 Å². The molecule has 2 aromatic carbocycles. The van der Waals surface area contributed by atoms with Crippen LogP contribution in [0.4, 0.5) is 0 Å². The average Bonchev–Trinajstić information content (AvgIpc) is 2.87. The molecule has 1 aromatic heterocycles. The summed E-state index contributed by atoms with van der Waals surface area (Å²) in [6, 6.07) is 16.4. The van der Waals surface area contributed by atoms with Crippen LogP contribution >= 0.6 is 0 Å². The van der Waals surface area contributed by atoms with Gasteiger partial charge in [-0.3, -0.25) is 4.57 Å². The normalized spacial score (nSPS) is 12.1. The molecule has 0 aliphatic heterocycles. The summed E-state index contributed by atoms with van der Waals surface area (Å²) in [5, 5.41) is 0. The number of aromatic nitrogens is 1. The van der Waals surface area contributed by atoms with E-state index in [4.69, 9.17) is 4.42 Å². The Hall–Kier alpha value is -2.38. The molecule has 6 nitrogen and oxygen atoms in total. The number of para-hydroxylation sites is 2. The van der Waals surface area contributed by atoms with Gasteiger partial charge in [0.25, 0.3) is 0 Å². The smallest absolute Gasteiger partial charge is 0.408 e. The Morgan fingerprint density at radius 3 is 2.42 bits per heavy atom. The first-order valence-corrected chi connectivity index (χ1v) is 9.37. The highest BCUT2D eigenvalue weighted by molar-refractivity contribution is 7.88. The lowest BCUT2D eigenvalue weighted by atomic mass is 10.2. The molecule has 0 fully saturated rings. The molecule has 0 atom stereocenters. The molecular formula is C17H18N2O4S. The van der Waals surface area contributed by atoms with Crippen molar-refractivity contribution in [2.24, 2.45) is 0 Å². The number of hydrogen-bond acceptors (Lipinski definition) is 4. The number of hydrogen-bond donors (Lipinski definition) is 0. The fourth-order valence-electron chi connectivity index (χ4n) is 2.59. The van der Waals surface area contributed by atoms with Gasteiger partial charge < -0.3 is 4.42 Å². The van der Waals surface area contributed by atoms with Crippen LogP contribution in [0.15, 0.2) is 63.8 Å². The number of rotatable bonds is 6. The van der Waals surface area contributed by atoms with E-state index in [0.29, 0.717) is 11.1 Å². The van der Waals surface area contributed by atoms with E-state index in [1.807, 2.05) is 36.4 Å². The van der Waals surface area contributed by atoms with Gasteiger partial charge in [0.15, 0.2) is 5.58 Å². The minimum Gasteiger partial charge on any atom is -0.408 e. The van der Waals surface area contributed by atoms with Gasteiger partial charge in [0, 0.05) is 19.6 Å². The molecule has 0 aliphatic carbocycles. The third-order valence-corrected chi connectivity index (χ3v) is 5.07. The quantitative estimate of drug-likeness (QED) is 0.685. The van der Waals surface area contributed by atoms with Crippen molar-refractivity contribution in [3.05, 3.63) is 70.7 Å². The molecule has 126 valence electrons. The van der Waals surface area contributed by atoms with Crippen molar-refractivity contribution in [1.29, 1.82) is 0 Å². The van der Waals surface area contributed by atoms with Gasteiger partial charge in [-0.15, -0.1) is 0 Å². The van der Waals surface area contributed by atoms with Gasteiger partial charge in [-0.05, 0) is 17.7 Å². The third-order valence-electron chi connectivity index (χ3n) is 3.82. The van der Waals surface area contributed by atoms with Crippen molar-refractivity contribution < 1.29 is 12.8 Å². The lowest BCUT2D eigenvalue weighted by molar-refractivity contribution is 0.382. The summed E-state index contributed by atoms with van der Waals surface area (Å²) < 4.78 is 32.1. The van der Waals surface area contributed by atoms with Crippen molar-refractivity contribution in [1.82, 2.24) is 8.87 Å². The molecule has 0 unspecified atom stereocenters. The summed E-state index contributed by atoms with van der Waals surface area (Å²) in [4.78, 5) is 12.0. The first-order valence-electron chi connectivity index (χ1n) is 7.52. The zero-order valence-corrected chi connectivity index (χ0v) is 14.1. The van der Waals surface area contributed by atoms with Gasteiger partial charge in [0.2, 0.25) is 10.0 Å². The fraction of sp³-hybridized carbons (Fsp3) is 0.235. The first kappa shape index (κ1) is 16.5. The Kier molecular flexibility index (Phi) is 4.55. The van der Waals surface area contributed by atoms with Gasteiger partial charge in [-0.1, -0.05) is 42.5 Å². The number of benzene rings is 2. The molecule has 7 heteroatoms. The van der Waals surface area contributed by atoms with Crippen molar-refractivity contribution in [2.75, 3.05) is 12.8 Å². The first-order chi connectivity index (χ1) is 11.4. The summed E-state index contributed by atoms with van der Waals surface area (Å²) in [7, 11) is -3.40. The lowest BCUT2D eigenvalue weighted by Gasteiger charge is -2.20. The van der Waals surface area contributed by atoms with Gasteiger partial charge in [-0.2, -0.15) is 4.31 Å². The van der Waals surface area contributed by atoms with E-state index >= 15 is 0 Å². The Morgan fingerprint density at radius 2 is 1.71 bits per heavy atom. The summed E-state index contributed by atoms with van der Waals surface area (Å²) in [6.07, 6.45) is 1.17. The summed E-state index contributed by atoms with van der Waals surface area (Å²) in [6.45, 7) is 0.692. The van der Waals surface area contributed by atoms with E-state index in [1.165, 1.54) is 15.1 Å². The lowest BCUT2D eigenvalue weighted by Crippen LogP contribution is -2.34. The zero-order valence-electron chi connectivity index (χ0n) is 13.3. The summed E-state index contributed by atoms with van der Waals surface area (Å²) in [5.41, 5.74) is 2.06. The standard InChI is InChI=1S/C17H18N2O4S/c1-24(21,22)18(13-14-7-3-2-4-8-14)11-12-19-15-9-5-6-10-16(15)23-17(19)20/h2-10H,11-13H2,1H3. The number of sulfonamides is 1. The maximum absolute atomic E-state index is 12.1. The van der Waals surface area contributed by atoms with Crippen LogP contribution in [-0.4, -0.2) is 30.1 Å². The average molecular weight is 346 g/mol. The monoisotopic (exact) mass is 346 g/mol. The molecule has 0 N–H and O–H groups in total. The molecular weight excluding hydrogens is 328 g/mol. The minimum atomic E-state index is -3.40. The molecule has 0 aliphatic rings. The van der Waals surface area contributed by atoms with Crippen LogP contribution in [0.3, 0.4) is 0 Å². The zero-order chi connectivity index (χ0) is 17.2. The van der Waals surface area contributed by atoms with Crippen LogP contribution in [0, 0.1) is 0 Å². The van der Waals surface area contributed by atoms with E-state index in [9.17, 15) is 13.2 Å². The van der Waals surface area contributed by atoms with Crippen LogP contribution in [0.5, 0.6) is 0 Å². The highest BCUT2D eigenvalue weighted by atomic mass is 32.2. The topological polar surface area (TPSA) is 72.5 Å². The van der Waals surface area contributed by atoms with Crippen LogP contribution in [0.25, 0.3) is 11.1 Å². The highest BCUT2D eigenvalue weighted by Crippen LogP contribution is 2.13. The number of oxazole rings is 1. The maximum atomic E-state index is 12.1. The number of fused-ring (bicyclic) bond motifs is 1. The molecule has 0 saturated heterocycles. The summed E-state index contributed by atoms with van der Waals surface area (Å²) >= 11 is 0. The Bertz CT molecular complexity index is 990. The molecule has 3 aromatic rings. The Balaban J connectivity index is 1.83.